The lowest BCUT2D eigenvalue weighted by atomic mass is 9.93. The Kier molecular flexibility index (Phi) is 6.38. The first-order valence-electron chi connectivity index (χ1n) is 6.69. The highest BCUT2D eigenvalue weighted by molar-refractivity contribution is 5.20. The number of methoxy groups -OCH3 is 1. The Balaban J connectivity index is 2.91. The predicted molar refractivity (Wildman–Crippen MR) is 73.2 cm³/mol. The van der Waals surface area contributed by atoms with Gasteiger partial charge >= 0.3 is 0 Å². The van der Waals surface area contributed by atoms with E-state index in [4.69, 9.17) is 4.74 Å². The van der Waals surface area contributed by atoms with Crippen LogP contribution >= 0.6 is 0 Å². The lowest BCUT2D eigenvalue weighted by Gasteiger charge is -2.30. The van der Waals surface area contributed by atoms with Gasteiger partial charge in [-0.3, -0.25) is 0 Å². The number of rotatable bonds is 7. The normalized spacial score (nSPS) is 14.7. The van der Waals surface area contributed by atoms with Gasteiger partial charge in [-0.05, 0) is 42.6 Å². The molecule has 0 bridgehead atoms. The molecular formula is C15H23F2NO. The molecule has 1 N–H and O–H groups in total. The Bertz CT molecular complexity index is 396. The van der Waals surface area contributed by atoms with Crippen LogP contribution in [-0.2, 0) is 11.2 Å². The van der Waals surface area contributed by atoms with Gasteiger partial charge in [-0.2, -0.15) is 0 Å². The highest BCUT2D eigenvalue weighted by Gasteiger charge is 2.25. The van der Waals surface area contributed by atoms with Crippen LogP contribution in [0.3, 0.4) is 0 Å². The number of hydrogen-bond donors (Lipinski definition) is 1. The van der Waals surface area contributed by atoms with Crippen molar-refractivity contribution in [3.05, 3.63) is 35.4 Å². The van der Waals surface area contributed by atoms with Crippen LogP contribution in [-0.4, -0.2) is 25.8 Å². The van der Waals surface area contributed by atoms with Crippen molar-refractivity contribution in [3.63, 3.8) is 0 Å². The molecule has 2 nitrogen and oxygen atoms in total. The monoisotopic (exact) mass is 271 g/mol. The van der Waals surface area contributed by atoms with E-state index in [1.165, 1.54) is 12.1 Å². The molecule has 108 valence electrons. The lowest BCUT2D eigenvalue weighted by Crippen LogP contribution is -2.45. The van der Waals surface area contributed by atoms with Gasteiger partial charge in [0.1, 0.15) is 11.6 Å². The van der Waals surface area contributed by atoms with Gasteiger partial charge in [0.25, 0.3) is 0 Å². The van der Waals surface area contributed by atoms with Gasteiger partial charge in [-0.15, -0.1) is 0 Å². The Labute approximate surface area is 114 Å². The van der Waals surface area contributed by atoms with E-state index < -0.39 is 5.82 Å². The minimum absolute atomic E-state index is 0.0358. The van der Waals surface area contributed by atoms with Crippen molar-refractivity contribution in [1.29, 1.82) is 0 Å². The minimum Gasteiger partial charge on any atom is -0.380 e. The molecule has 19 heavy (non-hydrogen) atoms. The SMILES string of the molecule is CCNC(Cc1cc(F)ccc1F)C(OC)C(C)C. The Morgan fingerprint density at radius 3 is 2.47 bits per heavy atom. The first-order valence-corrected chi connectivity index (χ1v) is 6.69. The number of hydrogen-bond acceptors (Lipinski definition) is 2. The molecule has 1 aromatic rings. The second-order valence-electron chi connectivity index (χ2n) is 5.05. The highest BCUT2D eigenvalue weighted by Crippen LogP contribution is 2.18. The molecule has 2 unspecified atom stereocenters. The van der Waals surface area contributed by atoms with Crippen LogP contribution in [0, 0.1) is 17.6 Å². The third-order valence-corrected chi connectivity index (χ3v) is 3.24. The van der Waals surface area contributed by atoms with Gasteiger partial charge in [-0.25, -0.2) is 8.78 Å². The molecule has 0 fully saturated rings. The molecule has 2 atom stereocenters. The molecule has 1 rings (SSSR count). The smallest absolute Gasteiger partial charge is 0.126 e. The summed E-state index contributed by atoms with van der Waals surface area (Å²) in [6.45, 7) is 6.86. The van der Waals surface area contributed by atoms with Crippen molar-refractivity contribution in [1.82, 2.24) is 5.32 Å². The van der Waals surface area contributed by atoms with E-state index in [2.05, 4.69) is 19.2 Å². The van der Waals surface area contributed by atoms with Gasteiger partial charge in [0, 0.05) is 13.2 Å². The summed E-state index contributed by atoms with van der Waals surface area (Å²) < 4.78 is 32.4. The molecule has 0 aliphatic carbocycles. The average molecular weight is 271 g/mol. The van der Waals surface area contributed by atoms with Crippen LogP contribution in [0.5, 0.6) is 0 Å². The summed E-state index contributed by atoms with van der Waals surface area (Å²) in [5, 5.41) is 3.30. The third-order valence-electron chi connectivity index (χ3n) is 3.24. The molecular weight excluding hydrogens is 248 g/mol. The van der Waals surface area contributed by atoms with Crippen LogP contribution < -0.4 is 5.32 Å². The molecule has 0 aliphatic rings. The van der Waals surface area contributed by atoms with E-state index in [1.807, 2.05) is 6.92 Å². The lowest BCUT2D eigenvalue weighted by molar-refractivity contribution is 0.0334. The molecule has 0 radical (unpaired) electrons. The second-order valence-corrected chi connectivity index (χ2v) is 5.05. The molecule has 0 amide bonds. The van der Waals surface area contributed by atoms with Gasteiger partial charge in [0.15, 0.2) is 0 Å². The summed E-state index contributed by atoms with van der Waals surface area (Å²) in [4.78, 5) is 0. The summed E-state index contributed by atoms with van der Waals surface area (Å²) >= 11 is 0. The van der Waals surface area contributed by atoms with E-state index in [1.54, 1.807) is 7.11 Å². The first kappa shape index (κ1) is 16.1. The zero-order valence-corrected chi connectivity index (χ0v) is 12.0. The maximum Gasteiger partial charge on any atom is 0.126 e. The predicted octanol–water partition coefficient (Wildman–Crippen LogP) is 3.16. The summed E-state index contributed by atoms with van der Waals surface area (Å²) in [5.41, 5.74) is 0.383. The Morgan fingerprint density at radius 1 is 1.26 bits per heavy atom. The van der Waals surface area contributed by atoms with E-state index in [0.29, 0.717) is 17.9 Å². The van der Waals surface area contributed by atoms with Crippen molar-refractivity contribution >= 4 is 0 Å². The summed E-state index contributed by atoms with van der Waals surface area (Å²) in [5.74, 6) is -0.487. The van der Waals surface area contributed by atoms with E-state index in [-0.39, 0.29) is 18.0 Å². The number of ether oxygens (including phenoxy) is 1. The number of halogens is 2. The summed E-state index contributed by atoms with van der Waals surface area (Å²) in [7, 11) is 1.65. The Morgan fingerprint density at radius 2 is 1.95 bits per heavy atom. The van der Waals surface area contributed by atoms with Crippen molar-refractivity contribution < 1.29 is 13.5 Å². The molecule has 0 saturated heterocycles. The molecule has 0 aromatic heterocycles. The first-order chi connectivity index (χ1) is 8.99. The van der Waals surface area contributed by atoms with Gasteiger partial charge in [0.2, 0.25) is 0 Å². The Hall–Kier alpha value is -1.00. The molecule has 0 saturated carbocycles. The number of nitrogens with one attached hydrogen (secondary N) is 1. The van der Waals surface area contributed by atoms with Crippen LogP contribution in [0.15, 0.2) is 18.2 Å². The summed E-state index contributed by atoms with van der Waals surface area (Å²) in [6.07, 6.45) is 0.372. The van der Waals surface area contributed by atoms with E-state index in [9.17, 15) is 8.78 Å². The van der Waals surface area contributed by atoms with Crippen molar-refractivity contribution in [2.75, 3.05) is 13.7 Å². The zero-order chi connectivity index (χ0) is 14.4. The largest absolute Gasteiger partial charge is 0.380 e. The number of likely N-dealkylation sites (N-methyl/N-ethyl adjacent to an activating group) is 1. The van der Waals surface area contributed by atoms with Crippen LogP contribution in [0.4, 0.5) is 8.78 Å². The van der Waals surface area contributed by atoms with Gasteiger partial charge < -0.3 is 10.1 Å². The van der Waals surface area contributed by atoms with Crippen molar-refractivity contribution in [2.24, 2.45) is 5.92 Å². The van der Waals surface area contributed by atoms with Crippen LogP contribution in [0.2, 0.25) is 0 Å². The maximum absolute atomic E-state index is 13.7. The van der Waals surface area contributed by atoms with Crippen LogP contribution in [0.1, 0.15) is 26.3 Å². The molecule has 0 heterocycles. The van der Waals surface area contributed by atoms with Crippen molar-refractivity contribution in [3.8, 4) is 0 Å². The maximum atomic E-state index is 13.7. The fourth-order valence-corrected chi connectivity index (χ4v) is 2.40. The molecule has 0 aliphatic heterocycles. The van der Waals surface area contributed by atoms with E-state index >= 15 is 0 Å². The van der Waals surface area contributed by atoms with Gasteiger partial charge in [-0.1, -0.05) is 20.8 Å². The standard InChI is InChI=1S/C15H23F2NO/c1-5-18-14(15(19-4)10(2)3)9-11-8-12(16)6-7-13(11)17/h6-8,10,14-15,18H,5,9H2,1-4H3. The quantitative estimate of drug-likeness (QED) is 0.822. The molecule has 4 heteroatoms. The zero-order valence-electron chi connectivity index (χ0n) is 12.0. The number of benzene rings is 1. The topological polar surface area (TPSA) is 21.3 Å². The fourth-order valence-electron chi connectivity index (χ4n) is 2.40. The van der Waals surface area contributed by atoms with Crippen molar-refractivity contribution in [2.45, 2.75) is 39.3 Å². The van der Waals surface area contributed by atoms with Crippen LogP contribution in [0.25, 0.3) is 0 Å². The minimum atomic E-state index is -0.412. The summed E-state index contributed by atoms with van der Waals surface area (Å²) in [6, 6.07) is 3.53. The molecule has 1 aromatic carbocycles. The second kappa shape index (κ2) is 7.56. The molecule has 0 spiro atoms. The average Bonchev–Trinajstić information content (AvgIpc) is 2.34. The van der Waals surface area contributed by atoms with Gasteiger partial charge in [0.05, 0.1) is 6.10 Å². The highest BCUT2D eigenvalue weighted by atomic mass is 19.1. The third kappa shape index (κ3) is 4.55. The fraction of sp³-hybridized carbons (Fsp3) is 0.600. The van der Waals surface area contributed by atoms with E-state index in [0.717, 1.165) is 12.6 Å².